The van der Waals surface area contributed by atoms with Crippen LogP contribution in [0.5, 0.6) is 5.75 Å². The van der Waals surface area contributed by atoms with Gasteiger partial charge >= 0.3 is 5.97 Å². The van der Waals surface area contributed by atoms with E-state index < -0.39 is 6.10 Å². The maximum Gasteiger partial charge on any atom is 0.309 e. The normalized spacial score (nSPS) is 17.2. The molecule has 0 unspecified atom stereocenters. The number of aliphatic hydroxyl groups excluding tert-OH is 1. The molecule has 1 aliphatic heterocycles. The summed E-state index contributed by atoms with van der Waals surface area (Å²) >= 11 is 0. The number of nitrogens with zero attached hydrogens (tertiary/aromatic N) is 1. The van der Waals surface area contributed by atoms with Crippen molar-refractivity contribution in [2.24, 2.45) is 5.92 Å². The Morgan fingerprint density at radius 2 is 1.92 bits per heavy atom. The van der Waals surface area contributed by atoms with Gasteiger partial charge in [-0.2, -0.15) is 0 Å². The monoisotopic (exact) mass is 357 g/mol. The summed E-state index contributed by atoms with van der Waals surface area (Å²) in [6.45, 7) is 4.69. The number of hydrogen-bond donors (Lipinski definition) is 1. The molecular weight excluding hydrogens is 330 g/mol. The van der Waals surface area contributed by atoms with E-state index in [-0.39, 0.29) is 18.5 Å². The number of ether oxygens (including phenoxy) is 2. The molecule has 1 heterocycles. The highest BCUT2D eigenvalue weighted by atomic mass is 16.5. The Morgan fingerprint density at radius 3 is 2.65 bits per heavy atom. The van der Waals surface area contributed by atoms with Crippen molar-refractivity contribution in [3.63, 3.8) is 0 Å². The Kier molecular flexibility index (Phi) is 6.47. The number of esters is 1. The molecule has 0 bridgehead atoms. The third kappa shape index (κ3) is 4.96. The minimum atomic E-state index is -0.555. The van der Waals surface area contributed by atoms with Crippen LogP contribution in [-0.2, 0) is 9.53 Å². The minimum Gasteiger partial charge on any atom is -0.491 e. The van der Waals surface area contributed by atoms with Gasteiger partial charge in [-0.15, -0.1) is 0 Å². The third-order valence-electron chi connectivity index (χ3n) is 4.84. The second kappa shape index (κ2) is 9.01. The predicted molar refractivity (Wildman–Crippen MR) is 101 cm³/mol. The van der Waals surface area contributed by atoms with Crippen molar-refractivity contribution >= 4 is 16.7 Å². The fraction of sp³-hybridized carbons (Fsp3) is 0.476. The van der Waals surface area contributed by atoms with Crippen LogP contribution < -0.4 is 4.74 Å². The van der Waals surface area contributed by atoms with Gasteiger partial charge in [0.15, 0.2) is 0 Å². The molecule has 1 fully saturated rings. The molecule has 1 saturated heterocycles. The molecule has 1 atom stereocenters. The molecule has 2 aromatic rings. The van der Waals surface area contributed by atoms with E-state index in [1.165, 1.54) is 5.39 Å². The Hall–Kier alpha value is -2.11. The highest BCUT2D eigenvalue weighted by Crippen LogP contribution is 2.21. The molecule has 3 rings (SSSR count). The molecule has 0 amide bonds. The number of carbonyl (C=O) groups is 1. The lowest BCUT2D eigenvalue weighted by Crippen LogP contribution is -2.42. The average Bonchev–Trinajstić information content (AvgIpc) is 2.67. The van der Waals surface area contributed by atoms with Crippen LogP contribution in [0.1, 0.15) is 19.8 Å². The van der Waals surface area contributed by atoms with Crippen molar-refractivity contribution in [1.82, 2.24) is 4.90 Å². The first kappa shape index (κ1) is 18.7. The van der Waals surface area contributed by atoms with E-state index in [0.717, 1.165) is 37.1 Å². The van der Waals surface area contributed by atoms with Crippen LogP contribution in [0.3, 0.4) is 0 Å². The van der Waals surface area contributed by atoms with E-state index in [0.29, 0.717) is 13.2 Å². The van der Waals surface area contributed by atoms with Gasteiger partial charge in [0.1, 0.15) is 18.5 Å². The molecule has 0 aliphatic carbocycles. The molecule has 140 valence electrons. The van der Waals surface area contributed by atoms with Crippen LogP contribution >= 0.6 is 0 Å². The van der Waals surface area contributed by atoms with Gasteiger partial charge in [0.2, 0.25) is 0 Å². The Labute approximate surface area is 154 Å². The molecule has 5 nitrogen and oxygen atoms in total. The number of rotatable bonds is 7. The van der Waals surface area contributed by atoms with Gasteiger partial charge in [0.25, 0.3) is 0 Å². The van der Waals surface area contributed by atoms with Gasteiger partial charge < -0.3 is 19.5 Å². The lowest BCUT2D eigenvalue weighted by Gasteiger charge is -2.32. The summed E-state index contributed by atoms with van der Waals surface area (Å²) in [5, 5.41) is 12.6. The van der Waals surface area contributed by atoms with Gasteiger partial charge in [-0.3, -0.25) is 4.79 Å². The van der Waals surface area contributed by atoms with Crippen molar-refractivity contribution in [2.75, 3.05) is 32.8 Å². The van der Waals surface area contributed by atoms with E-state index in [1.807, 2.05) is 43.3 Å². The zero-order chi connectivity index (χ0) is 18.4. The zero-order valence-corrected chi connectivity index (χ0v) is 15.3. The maximum atomic E-state index is 11.8. The summed E-state index contributed by atoms with van der Waals surface area (Å²) in [6, 6.07) is 14.1. The largest absolute Gasteiger partial charge is 0.491 e. The van der Waals surface area contributed by atoms with Crippen LogP contribution in [-0.4, -0.2) is 54.9 Å². The van der Waals surface area contributed by atoms with Gasteiger partial charge in [-0.1, -0.05) is 30.3 Å². The number of aliphatic hydroxyl groups is 1. The van der Waals surface area contributed by atoms with Crippen LogP contribution in [0.2, 0.25) is 0 Å². The summed E-state index contributed by atoms with van der Waals surface area (Å²) < 4.78 is 10.8. The molecule has 1 N–H and O–H groups in total. The standard InChI is InChI=1S/C21H27NO4/c1-2-25-21(24)17-9-11-22(12-10-17)14-19(23)15-26-20-8-7-16-5-3-4-6-18(16)13-20/h3-8,13,17,19,23H,2,9-12,14-15H2,1H3/t19-/m1/s1. The Balaban J connectivity index is 1.43. The smallest absolute Gasteiger partial charge is 0.309 e. The van der Waals surface area contributed by atoms with Crippen molar-refractivity contribution in [3.8, 4) is 5.75 Å². The van der Waals surface area contributed by atoms with Crippen LogP contribution in [0.25, 0.3) is 10.8 Å². The number of hydrogen-bond acceptors (Lipinski definition) is 5. The van der Waals surface area contributed by atoms with E-state index in [2.05, 4.69) is 11.0 Å². The fourth-order valence-corrected chi connectivity index (χ4v) is 3.41. The molecule has 1 aliphatic rings. The molecular formula is C21H27NO4. The second-order valence-corrected chi connectivity index (χ2v) is 6.80. The zero-order valence-electron chi connectivity index (χ0n) is 15.3. The minimum absolute atomic E-state index is 0.00260. The first-order valence-corrected chi connectivity index (χ1v) is 9.34. The van der Waals surface area contributed by atoms with Crippen LogP contribution in [0, 0.1) is 5.92 Å². The summed E-state index contributed by atoms with van der Waals surface area (Å²) in [5.74, 6) is 0.674. The van der Waals surface area contributed by atoms with Crippen LogP contribution in [0.4, 0.5) is 0 Å². The fourth-order valence-electron chi connectivity index (χ4n) is 3.41. The van der Waals surface area contributed by atoms with Gasteiger partial charge in [0, 0.05) is 6.54 Å². The topological polar surface area (TPSA) is 59.0 Å². The number of fused-ring (bicyclic) bond motifs is 1. The van der Waals surface area contributed by atoms with Gasteiger partial charge in [0.05, 0.1) is 12.5 Å². The SMILES string of the molecule is CCOC(=O)C1CCN(C[C@@H](O)COc2ccc3ccccc3c2)CC1. The van der Waals surface area contributed by atoms with Gasteiger partial charge in [-0.05, 0) is 55.8 Å². The lowest BCUT2D eigenvalue weighted by atomic mass is 9.97. The number of β-amino-alcohol motifs (C(OH)–C–C–N with tert-alkyl or cyclic N) is 1. The number of likely N-dealkylation sites (tertiary alicyclic amines) is 1. The number of piperidine rings is 1. The van der Waals surface area contributed by atoms with Crippen molar-refractivity contribution in [2.45, 2.75) is 25.9 Å². The molecule has 0 radical (unpaired) electrons. The number of carbonyl (C=O) groups excluding carboxylic acids is 1. The molecule has 0 spiro atoms. The third-order valence-corrected chi connectivity index (χ3v) is 4.84. The van der Waals surface area contributed by atoms with Crippen molar-refractivity contribution in [3.05, 3.63) is 42.5 Å². The first-order chi connectivity index (χ1) is 12.7. The molecule has 26 heavy (non-hydrogen) atoms. The highest BCUT2D eigenvalue weighted by Gasteiger charge is 2.26. The van der Waals surface area contributed by atoms with E-state index in [4.69, 9.17) is 9.47 Å². The van der Waals surface area contributed by atoms with E-state index in [1.54, 1.807) is 0 Å². The molecule has 2 aromatic carbocycles. The molecule has 0 saturated carbocycles. The van der Waals surface area contributed by atoms with Crippen molar-refractivity contribution < 1.29 is 19.4 Å². The van der Waals surface area contributed by atoms with Crippen molar-refractivity contribution in [1.29, 1.82) is 0 Å². The maximum absolute atomic E-state index is 11.8. The summed E-state index contributed by atoms with van der Waals surface area (Å²) in [5.41, 5.74) is 0. The molecule has 5 heteroatoms. The van der Waals surface area contributed by atoms with Gasteiger partial charge in [-0.25, -0.2) is 0 Å². The summed E-state index contributed by atoms with van der Waals surface area (Å²) in [4.78, 5) is 14.0. The Bertz CT molecular complexity index is 725. The second-order valence-electron chi connectivity index (χ2n) is 6.80. The van der Waals surface area contributed by atoms with E-state index >= 15 is 0 Å². The van der Waals surface area contributed by atoms with Crippen LogP contribution in [0.15, 0.2) is 42.5 Å². The van der Waals surface area contributed by atoms with E-state index in [9.17, 15) is 9.90 Å². The first-order valence-electron chi connectivity index (χ1n) is 9.34. The quantitative estimate of drug-likeness (QED) is 0.772. The number of benzene rings is 2. The lowest BCUT2D eigenvalue weighted by molar-refractivity contribution is -0.149. The summed E-state index contributed by atoms with van der Waals surface area (Å²) in [6.07, 6.45) is 1.02. The highest BCUT2D eigenvalue weighted by molar-refractivity contribution is 5.83. The Morgan fingerprint density at radius 1 is 1.19 bits per heavy atom. The molecule has 0 aromatic heterocycles. The average molecular weight is 357 g/mol. The summed E-state index contributed by atoms with van der Waals surface area (Å²) in [7, 11) is 0. The predicted octanol–water partition coefficient (Wildman–Crippen LogP) is 2.85.